The first kappa shape index (κ1) is 71.9. The van der Waals surface area contributed by atoms with Gasteiger partial charge in [-0.05, 0) is 89.9 Å². The second-order valence-corrected chi connectivity index (χ2v) is 22.8. The molecule has 0 bridgehead atoms. The topological polar surface area (TPSA) is 105 Å². The van der Waals surface area contributed by atoms with E-state index in [0.29, 0.717) is 17.4 Å². The molecule has 0 radical (unpaired) electrons. The number of quaternary nitrogens is 1. The number of allylic oxidation sites excluding steroid dienone is 19. The number of aliphatic hydroxyl groups is 1. The predicted octanol–water partition coefficient (Wildman–Crippen LogP) is 18.9. The van der Waals surface area contributed by atoms with Crippen LogP contribution in [0.5, 0.6) is 0 Å². The zero-order chi connectivity index (χ0) is 54.9. The highest BCUT2D eigenvalue weighted by molar-refractivity contribution is 7.47. The van der Waals surface area contributed by atoms with Crippen LogP contribution in [0.3, 0.4) is 0 Å². The van der Waals surface area contributed by atoms with E-state index in [4.69, 9.17) is 9.05 Å². The molecule has 75 heavy (non-hydrogen) atoms. The second-order valence-electron chi connectivity index (χ2n) is 21.3. The standard InChI is InChI=1S/C66H115N2O6P/c1-6-8-10-12-14-16-18-20-22-24-26-28-30-31-32-33-34-35-36-37-38-40-42-44-46-48-50-52-54-56-58-60-66(70)67-64(63-74-75(71,72)73-62-61-68(3,4)5)65(69)59-57-55-53-51-49-47-45-43-41-39-29-27-25-23-21-19-17-15-13-11-9-7-2/h8,10,14,16,20,22,26,28,31-32,34-35,37-38,42,44,48,50,57,59,64-65,69H,6-7,9,11-13,15,17-19,21,23-25,27,29-30,33,36,39-41,43,45-47,49,51-56,58,60-63H2,1-5H3,(H-,67,70,71,72)/p+1/b10-8-,16-14-,22-20-,28-26-,32-31-,35-34-,38-37-,44-42-,50-48-,59-57+. The van der Waals surface area contributed by atoms with Crippen molar-refractivity contribution in [3.8, 4) is 0 Å². The van der Waals surface area contributed by atoms with Crippen molar-refractivity contribution < 1.29 is 32.9 Å². The van der Waals surface area contributed by atoms with E-state index in [-0.39, 0.29) is 19.1 Å². The van der Waals surface area contributed by atoms with E-state index in [0.717, 1.165) is 103 Å². The monoisotopic (exact) mass is 1060 g/mol. The minimum Gasteiger partial charge on any atom is -0.387 e. The van der Waals surface area contributed by atoms with Crippen molar-refractivity contribution >= 4 is 13.7 Å². The number of hydrogen-bond acceptors (Lipinski definition) is 5. The fourth-order valence-corrected chi connectivity index (χ4v) is 8.95. The maximum atomic E-state index is 13.0. The molecular weight excluding hydrogens is 948 g/mol. The van der Waals surface area contributed by atoms with Crippen LogP contribution in [0, 0.1) is 0 Å². The van der Waals surface area contributed by atoms with Crippen molar-refractivity contribution in [2.24, 2.45) is 0 Å². The lowest BCUT2D eigenvalue weighted by Crippen LogP contribution is -2.45. The average molecular weight is 1060 g/mol. The third kappa shape index (κ3) is 58.4. The summed E-state index contributed by atoms with van der Waals surface area (Å²) < 4.78 is 23.7. The van der Waals surface area contributed by atoms with Gasteiger partial charge in [-0.25, -0.2) is 4.57 Å². The minimum atomic E-state index is -4.37. The maximum absolute atomic E-state index is 13.0. The summed E-state index contributed by atoms with van der Waals surface area (Å²) in [5.41, 5.74) is 0. The third-order valence-electron chi connectivity index (χ3n) is 12.9. The molecule has 8 nitrogen and oxygen atoms in total. The van der Waals surface area contributed by atoms with Crippen molar-refractivity contribution in [3.63, 3.8) is 0 Å². The summed E-state index contributed by atoms with van der Waals surface area (Å²) in [5.74, 6) is -0.212. The van der Waals surface area contributed by atoms with E-state index < -0.39 is 20.0 Å². The van der Waals surface area contributed by atoms with Gasteiger partial charge in [0.1, 0.15) is 13.2 Å². The fraction of sp³-hybridized carbons (Fsp3) is 0.682. The first-order valence-corrected chi connectivity index (χ1v) is 31.9. The van der Waals surface area contributed by atoms with Gasteiger partial charge in [-0.1, -0.05) is 264 Å². The number of nitrogens with zero attached hydrogens (tertiary/aromatic N) is 1. The Balaban J connectivity index is 4.32. The molecule has 3 N–H and O–H groups in total. The van der Waals surface area contributed by atoms with E-state index in [9.17, 15) is 19.4 Å². The highest BCUT2D eigenvalue weighted by Gasteiger charge is 2.27. The van der Waals surface area contributed by atoms with Crippen LogP contribution in [-0.2, 0) is 18.4 Å². The highest BCUT2D eigenvalue weighted by Crippen LogP contribution is 2.43. The van der Waals surface area contributed by atoms with Gasteiger partial charge in [0, 0.05) is 6.42 Å². The minimum absolute atomic E-state index is 0.0482. The molecule has 9 heteroatoms. The SMILES string of the molecule is CC/C=C\C/C=C\C/C=C\C/C=C\C/C=C\C/C=C\C/C=C\C/C=C\C/C=C\CCCCCC(=O)NC(COP(=O)(O)OCC[N+](C)(C)C)C(O)/C=C/CCCCCCCCCCCCCCCCCCCCCC. The molecule has 0 aromatic heterocycles. The predicted molar refractivity (Wildman–Crippen MR) is 327 cm³/mol. The summed E-state index contributed by atoms with van der Waals surface area (Å²) in [7, 11) is 1.53. The lowest BCUT2D eigenvalue weighted by molar-refractivity contribution is -0.870. The lowest BCUT2D eigenvalue weighted by atomic mass is 10.0. The number of amides is 1. The van der Waals surface area contributed by atoms with Crippen LogP contribution < -0.4 is 5.32 Å². The van der Waals surface area contributed by atoms with Crippen LogP contribution in [-0.4, -0.2) is 73.4 Å². The van der Waals surface area contributed by atoms with Gasteiger partial charge in [-0.15, -0.1) is 0 Å². The Morgan fingerprint density at radius 2 is 0.800 bits per heavy atom. The van der Waals surface area contributed by atoms with Gasteiger partial charge in [-0.3, -0.25) is 13.8 Å². The summed E-state index contributed by atoms with van der Waals surface area (Å²) in [6.07, 6.45) is 83.0. The fourth-order valence-electron chi connectivity index (χ4n) is 8.21. The molecule has 0 aromatic carbocycles. The van der Waals surface area contributed by atoms with Crippen LogP contribution in [0.25, 0.3) is 0 Å². The molecule has 3 unspecified atom stereocenters. The summed E-state index contributed by atoms with van der Waals surface area (Å²) in [6, 6.07) is -0.875. The Labute approximate surface area is 463 Å². The molecule has 3 atom stereocenters. The number of aliphatic hydroxyl groups excluding tert-OH is 1. The summed E-state index contributed by atoms with van der Waals surface area (Å²) >= 11 is 0. The number of carbonyl (C=O) groups is 1. The lowest BCUT2D eigenvalue weighted by Gasteiger charge is -2.25. The number of phosphoric acid groups is 1. The van der Waals surface area contributed by atoms with Gasteiger partial charge in [0.05, 0.1) is 39.9 Å². The van der Waals surface area contributed by atoms with Crippen molar-refractivity contribution in [2.75, 3.05) is 40.9 Å². The zero-order valence-electron chi connectivity index (χ0n) is 49.0. The van der Waals surface area contributed by atoms with Gasteiger partial charge in [0.25, 0.3) is 0 Å². The number of phosphoric ester groups is 1. The van der Waals surface area contributed by atoms with Gasteiger partial charge in [0.2, 0.25) is 5.91 Å². The molecule has 0 saturated carbocycles. The van der Waals surface area contributed by atoms with E-state index in [1.165, 1.54) is 116 Å². The number of likely N-dealkylation sites (N-methyl/N-ethyl adjacent to an activating group) is 1. The molecule has 1 amide bonds. The van der Waals surface area contributed by atoms with Gasteiger partial charge in [0.15, 0.2) is 0 Å². The van der Waals surface area contributed by atoms with Crippen molar-refractivity contribution in [1.82, 2.24) is 5.32 Å². The van der Waals surface area contributed by atoms with Crippen LogP contribution in [0.4, 0.5) is 0 Å². The summed E-state index contributed by atoms with van der Waals surface area (Å²) in [6.45, 7) is 4.68. The molecule has 0 saturated heterocycles. The number of carbonyl (C=O) groups excluding carboxylic acids is 1. The Bertz CT molecular complexity index is 1630. The third-order valence-corrected chi connectivity index (χ3v) is 13.9. The molecule has 0 heterocycles. The van der Waals surface area contributed by atoms with Crippen LogP contribution in [0.2, 0.25) is 0 Å². The first-order chi connectivity index (χ1) is 36.5. The molecule has 0 rings (SSSR count). The number of unbranched alkanes of at least 4 members (excludes halogenated alkanes) is 23. The van der Waals surface area contributed by atoms with Crippen LogP contribution >= 0.6 is 7.82 Å². The van der Waals surface area contributed by atoms with Crippen molar-refractivity contribution in [2.45, 2.75) is 251 Å². The van der Waals surface area contributed by atoms with Gasteiger partial charge < -0.3 is 19.8 Å². The molecule has 0 aromatic rings. The Morgan fingerprint density at radius 1 is 0.467 bits per heavy atom. The molecule has 0 spiro atoms. The van der Waals surface area contributed by atoms with Crippen LogP contribution in [0.15, 0.2) is 122 Å². The molecule has 0 aliphatic carbocycles. The number of rotatable bonds is 54. The number of hydrogen-bond donors (Lipinski definition) is 3. The first-order valence-electron chi connectivity index (χ1n) is 30.4. The largest absolute Gasteiger partial charge is 0.472 e. The Morgan fingerprint density at radius 3 is 1.17 bits per heavy atom. The molecular formula is C66H116N2O6P+. The van der Waals surface area contributed by atoms with E-state index in [1.807, 2.05) is 27.2 Å². The number of nitrogens with one attached hydrogen (secondary N) is 1. The highest BCUT2D eigenvalue weighted by atomic mass is 31.2. The van der Waals surface area contributed by atoms with Crippen molar-refractivity contribution in [1.29, 1.82) is 0 Å². The van der Waals surface area contributed by atoms with Gasteiger partial charge in [-0.2, -0.15) is 0 Å². The van der Waals surface area contributed by atoms with E-state index in [1.54, 1.807) is 6.08 Å². The Kier molecular flexibility index (Phi) is 53.3. The van der Waals surface area contributed by atoms with Gasteiger partial charge >= 0.3 is 7.82 Å². The molecule has 0 aliphatic heterocycles. The molecule has 430 valence electrons. The van der Waals surface area contributed by atoms with E-state index >= 15 is 0 Å². The zero-order valence-corrected chi connectivity index (χ0v) is 49.9. The smallest absolute Gasteiger partial charge is 0.387 e. The Hall–Kier alpha value is -3.10. The van der Waals surface area contributed by atoms with Crippen molar-refractivity contribution in [3.05, 3.63) is 122 Å². The molecule has 0 aliphatic rings. The van der Waals surface area contributed by atoms with E-state index in [2.05, 4.69) is 129 Å². The quantitative estimate of drug-likeness (QED) is 0.0243. The second kappa shape index (κ2) is 55.6. The van der Waals surface area contributed by atoms with Crippen LogP contribution in [0.1, 0.15) is 239 Å². The average Bonchev–Trinajstić information content (AvgIpc) is 3.37. The summed E-state index contributed by atoms with van der Waals surface area (Å²) in [4.78, 5) is 23.3. The molecule has 0 fully saturated rings. The maximum Gasteiger partial charge on any atom is 0.472 e. The normalized spacial score (nSPS) is 14.7. The summed E-state index contributed by atoms with van der Waals surface area (Å²) in [5, 5.41) is 13.9.